The molecule has 0 spiro atoms. The van der Waals surface area contributed by atoms with E-state index in [0.717, 1.165) is 35.3 Å². The summed E-state index contributed by atoms with van der Waals surface area (Å²) >= 11 is 0. The number of amides is 1. The zero-order chi connectivity index (χ0) is 18.8. The summed E-state index contributed by atoms with van der Waals surface area (Å²) in [6, 6.07) is 7.62. The minimum atomic E-state index is -0.377. The van der Waals surface area contributed by atoms with Gasteiger partial charge in [0.25, 0.3) is 5.56 Å². The second-order valence-corrected chi connectivity index (χ2v) is 6.66. The van der Waals surface area contributed by atoms with Crippen LogP contribution in [0.2, 0.25) is 0 Å². The molecule has 134 valence electrons. The van der Waals surface area contributed by atoms with Crippen LogP contribution in [-0.2, 0) is 17.6 Å². The Morgan fingerprint density at radius 2 is 2.15 bits per heavy atom. The minimum absolute atomic E-state index is 0.0278. The molecule has 2 heterocycles. The molecule has 6 heteroatoms. The number of aromatic amines is 1. The first-order chi connectivity index (χ1) is 12.4. The van der Waals surface area contributed by atoms with Crippen molar-refractivity contribution < 1.29 is 4.79 Å². The molecule has 0 saturated heterocycles. The first-order valence-electron chi connectivity index (χ1n) is 8.74. The third kappa shape index (κ3) is 3.08. The van der Waals surface area contributed by atoms with Gasteiger partial charge in [0.15, 0.2) is 0 Å². The van der Waals surface area contributed by atoms with Crippen molar-refractivity contribution in [3.8, 4) is 6.07 Å². The van der Waals surface area contributed by atoms with E-state index in [9.17, 15) is 14.9 Å². The summed E-state index contributed by atoms with van der Waals surface area (Å²) in [7, 11) is 0. The summed E-state index contributed by atoms with van der Waals surface area (Å²) in [5.41, 5.74) is 10.7. The number of carbonyl (C=O) groups excluding carboxylic acids is 1. The third-order valence-corrected chi connectivity index (χ3v) is 5.10. The van der Waals surface area contributed by atoms with Crippen LogP contribution in [0.15, 0.2) is 23.0 Å². The highest BCUT2D eigenvalue weighted by molar-refractivity contribution is 5.95. The van der Waals surface area contributed by atoms with Crippen molar-refractivity contribution >= 4 is 17.3 Å². The fraction of sp³-hybridized carbons (Fsp3) is 0.350. The van der Waals surface area contributed by atoms with Gasteiger partial charge in [0, 0.05) is 30.0 Å². The van der Waals surface area contributed by atoms with E-state index in [0.29, 0.717) is 30.6 Å². The van der Waals surface area contributed by atoms with Crippen LogP contribution >= 0.6 is 0 Å². The quantitative estimate of drug-likeness (QED) is 0.829. The summed E-state index contributed by atoms with van der Waals surface area (Å²) in [6.45, 7) is 4.24. The Kier molecular flexibility index (Phi) is 4.81. The summed E-state index contributed by atoms with van der Waals surface area (Å²) in [4.78, 5) is 29.2. The van der Waals surface area contributed by atoms with Gasteiger partial charge in [-0.3, -0.25) is 9.59 Å². The van der Waals surface area contributed by atoms with Crippen molar-refractivity contribution in [3.05, 3.63) is 56.5 Å². The minimum Gasteiger partial charge on any atom is -0.398 e. The highest BCUT2D eigenvalue weighted by Gasteiger charge is 2.24. The molecule has 0 fully saturated rings. The van der Waals surface area contributed by atoms with Gasteiger partial charge in [-0.15, -0.1) is 0 Å². The van der Waals surface area contributed by atoms with E-state index in [1.54, 1.807) is 18.7 Å². The molecule has 1 amide bonds. The summed E-state index contributed by atoms with van der Waals surface area (Å²) in [5, 5.41) is 9.17. The largest absolute Gasteiger partial charge is 0.398 e. The first kappa shape index (κ1) is 17.7. The number of aromatic nitrogens is 1. The highest BCUT2D eigenvalue weighted by Crippen LogP contribution is 2.31. The van der Waals surface area contributed by atoms with Gasteiger partial charge in [-0.25, -0.2) is 0 Å². The van der Waals surface area contributed by atoms with Crippen LogP contribution in [0.25, 0.3) is 0 Å². The van der Waals surface area contributed by atoms with Gasteiger partial charge in [0.1, 0.15) is 11.6 Å². The number of carbonyl (C=O) groups is 1. The molecule has 26 heavy (non-hydrogen) atoms. The van der Waals surface area contributed by atoms with Crippen LogP contribution in [0.4, 0.5) is 11.4 Å². The van der Waals surface area contributed by atoms with Crippen molar-refractivity contribution in [1.29, 1.82) is 5.26 Å². The van der Waals surface area contributed by atoms with Crippen LogP contribution in [-0.4, -0.2) is 17.4 Å². The van der Waals surface area contributed by atoms with Crippen LogP contribution < -0.4 is 16.2 Å². The number of rotatable bonds is 3. The fourth-order valence-electron chi connectivity index (χ4n) is 3.70. The zero-order valence-electron chi connectivity index (χ0n) is 15.1. The summed E-state index contributed by atoms with van der Waals surface area (Å²) < 4.78 is 0. The predicted octanol–water partition coefficient (Wildman–Crippen LogP) is 2.36. The zero-order valence-corrected chi connectivity index (χ0v) is 15.1. The molecule has 0 aliphatic carbocycles. The number of nitrogens with zero attached hydrogens (tertiary/aromatic N) is 2. The monoisotopic (exact) mass is 350 g/mol. The average Bonchev–Trinajstić information content (AvgIpc) is 2.61. The second kappa shape index (κ2) is 7.04. The molecule has 1 aromatic carbocycles. The number of fused-ring (bicyclic) bond motifs is 1. The lowest BCUT2D eigenvalue weighted by Gasteiger charge is -2.30. The van der Waals surface area contributed by atoms with Crippen molar-refractivity contribution in [2.45, 2.75) is 39.5 Å². The van der Waals surface area contributed by atoms with Crippen LogP contribution in [0.1, 0.15) is 40.8 Å². The van der Waals surface area contributed by atoms with Crippen molar-refractivity contribution in [2.24, 2.45) is 0 Å². The van der Waals surface area contributed by atoms with Crippen LogP contribution in [0.5, 0.6) is 0 Å². The number of hydrogen-bond acceptors (Lipinski definition) is 4. The van der Waals surface area contributed by atoms with Crippen LogP contribution in [0, 0.1) is 25.2 Å². The van der Waals surface area contributed by atoms with Crippen LogP contribution in [0.3, 0.4) is 0 Å². The van der Waals surface area contributed by atoms with E-state index in [1.165, 1.54) is 0 Å². The Labute approximate surface area is 152 Å². The van der Waals surface area contributed by atoms with Gasteiger partial charge in [0.2, 0.25) is 5.91 Å². The predicted molar refractivity (Wildman–Crippen MR) is 101 cm³/mol. The molecular weight excluding hydrogens is 328 g/mol. The SMILES string of the molecule is Cc1[nH]c(=O)c(C#N)c(C)c1CCC(=O)N1CCCc2c(N)cccc21. The molecule has 3 rings (SSSR count). The number of pyridine rings is 1. The number of aryl methyl sites for hydroxylation is 1. The molecule has 0 unspecified atom stereocenters. The third-order valence-electron chi connectivity index (χ3n) is 5.10. The molecule has 0 radical (unpaired) electrons. The Bertz CT molecular complexity index is 969. The first-order valence-corrected chi connectivity index (χ1v) is 8.74. The number of nitrogen functional groups attached to an aromatic ring is 1. The van der Waals surface area contributed by atoms with Crippen molar-refractivity contribution in [2.75, 3.05) is 17.2 Å². The standard InChI is InChI=1S/C20H22N4O2/c1-12-14(13(2)23-20(26)16(12)11-21)8-9-19(25)24-10-4-5-15-17(22)6-3-7-18(15)24/h3,6-7H,4-5,8-10,22H2,1-2H3,(H,23,26). The number of nitrogens with one attached hydrogen (secondary N) is 1. The average molecular weight is 350 g/mol. The van der Waals surface area contributed by atoms with Gasteiger partial charge in [0.05, 0.1) is 0 Å². The fourth-order valence-corrected chi connectivity index (χ4v) is 3.70. The lowest BCUT2D eigenvalue weighted by molar-refractivity contribution is -0.118. The maximum Gasteiger partial charge on any atom is 0.266 e. The highest BCUT2D eigenvalue weighted by atomic mass is 16.2. The maximum absolute atomic E-state index is 12.8. The second-order valence-electron chi connectivity index (χ2n) is 6.66. The molecule has 1 aliphatic heterocycles. The van der Waals surface area contributed by atoms with E-state index in [1.807, 2.05) is 24.3 Å². The molecule has 2 aromatic rings. The van der Waals surface area contributed by atoms with Gasteiger partial charge in [-0.05, 0) is 61.9 Å². The van der Waals surface area contributed by atoms with Gasteiger partial charge in [-0.1, -0.05) is 6.07 Å². The number of nitriles is 1. The summed E-state index contributed by atoms with van der Waals surface area (Å²) in [6.07, 6.45) is 2.57. The molecule has 0 bridgehead atoms. The maximum atomic E-state index is 12.8. The lowest BCUT2D eigenvalue weighted by Crippen LogP contribution is -2.36. The molecule has 3 N–H and O–H groups in total. The molecule has 0 saturated carbocycles. The number of benzene rings is 1. The molecule has 6 nitrogen and oxygen atoms in total. The van der Waals surface area contributed by atoms with Gasteiger partial charge < -0.3 is 15.6 Å². The molecule has 1 aromatic heterocycles. The Morgan fingerprint density at radius 1 is 1.38 bits per heavy atom. The van der Waals surface area contributed by atoms with E-state index in [4.69, 9.17) is 5.73 Å². The summed E-state index contributed by atoms with van der Waals surface area (Å²) in [5.74, 6) is 0.0278. The van der Waals surface area contributed by atoms with E-state index >= 15 is 0 Å². The van der Waals surface area contributed by atoms with Gasteiger partial charge in [-0.2, -0.15) is 5.26 Å². The number of anilines is 2. The van der Waals surface area contributed by atoms with Gasteiger partial charge >= 0.3 is 0 Å². The molecule has 1 aliphatic rings. The van der Waals surface area contributed by atoms with E-state index < -0.39 is 0 Å². The number of hydrogen-bond donors (Lipinski definition) is 2. The molecule has 0 atom stereocenters. The Morgan fingerprint density at radius 3 is 2.88 bits per heavy atom. The van der Waals surface area contributed by atoms with Crippen molar-refractivity contribution in [3.63, 3.8) is 0 Å². The van der Waals surface area contributed by atoms with E-state index in [-0.39, 0.29) is 17.0 Å². The van der Waals surface area contributed by atoms with E-state index in [2.05, 4.69) is 4.98 Å². The van der Waals surface area contributed by atoms with Crippen molar-refractivity contribution in [1.82, 2.24) is 4.98 Å². The topological polar surface area (TPSA) is 103 Å². The lowest BCUT2D eigenvalue weighted by atomic mass is 9.97. The Balaban J connectivity index is 1.83. The smallest absolute Gasteiger partial charge is 0.266 e. The Hall–Kier alpha value is -3.07. The number of H-pyrrole nitrogens is 1. The molecular formula is C20H22N4O2. The normalized spacial score (nSPS) is 13.2. The number of nitrogens with two attached hydrogens (primary N) is 1.